The van der Waals surface area contributed by atoms with Gasteiger partial charge in [0.05, 0.1) is 0 Å². The highest BCUT2D eigenvalue weighted by Gasteiger charge is 2.02. The van der Waals surface area contributed by atoms with Crippen molar-refractivity contribution in [1.82, 2.24) is 0 Å². The average molecular weight is 225 g/mol. The standard InChI is InChI=1S/C11H16FN3O/c1-15(7-3-6-11(13)14-16)10-5-2-4-9(12)8-10/h2,4-5,8,16H,3,6-7H2,1H3,(H2,13,14). The number of nitrogens with two attached hydrogens (primary N) is 1. The van der Waals surface area contributed by atoms with E-state index in [-0.39, 0.29) is 11.7 Å². The molecule has 0 atom stereocenters. The van der Waals surface area contributed by atoms with Crippen molar-refractivity contribution >= 4 is 11.5 Å². The fourth-order valence-electron chi connectivity index (χ4n) is 1.39. The topological polar surface area (TPSA) is 61.8 Å². The van der Waals surface area contributed by atoms with Crippen molar-refractivity contribution in [3.05, 3.63) is 30.1 Å². The zero-order valence-corrected chi connectivity index (χ0v) is 9.23. The van der Waals surface area contributed by atoms with Gasteiger partial charge in [0.1, 0.15) is 11.7 Å². The Bertz CT molecular complexity index is 368. The Kier molecular flexibility index (Phi) is 4.57. The molecule has 0 bridgehead atoms. The molecule has 0 aliphatic rings. The van der Waals surface area contributed by atoms with Crippen molar-refractivity contribution in [3.63, 3.8) is 0 Å². The van der Waals surface area contributed by atoms with Crippen LogP contribution < -0.4 is 10.6 Å². The second-order valence-corrected chi connectivity index (χ2v) is 3.60. The third-order valence-electron chi connectivity index (χ3n) is 2.30. The first-order chi connectivity index (χ1) is 7.63. The number of hydrogen-bond acceptors (Lipinski definition) is 3. The number of benzene rings is 1. The predicted octanol–water partition coefficient (Wildman–Crippen LogP) is 1.79. The van der Waals surface area contributed by atoms with E-state index in [0.29, 0.717) is 6.42 Å². The van der Waals surface area contributed by atoms with Crippen LogP contribution in [0.25, 0.3) is 0 Å². The van der Waals surface area contributed by atoms with Crippen molar-refractivity contribution in [2.45, 2.75) is 12.8 Å². The molecule has 0 saturated heterocycles. The van der Waals surface area contributed by atoms with Crippen LogP contribution in [-0.4, -0.2) is 24.6 Å². The highest BCUT2D eigenvalue weighted by Crippen LogP contribution is 2.14. The number of anilines is 1. The van der Waals surface area contributed by atoms with Gasteiger partial charge in [-0.2, -0.15) is 0 Å². The summed E-state index contributed by atoms with van der Waals surface area (Å²) in [6.07, 6.45) is 1.28. The summed E-state index contributed by atoms with van der Waals surface area (Å²) < 4.78 is 12.9. The summed E-state index contributed by atoms with van der Waals surface area (Å²) in [6.45, 7) is 0.722. The maximum absolute atomic E-state index is 12.9. The van der Waals surface area contributed by atoms with Crippen LogP contribution in [0.4, 0.5) is 10.1 Å². The second kappa shape index (κ2) is 5.95. The zero-order valence-electron chi connectivity index (χ0n) is 9.23. The minimum atomic E-state index is -0.249. The molecule has 4 nitrogen and oxygen atoms in total. The number of halogens is 1. The Balaban J connectivity index is 2.44. The Hall–Kier alpha value is -1.78. The molecule has 0 unspecified atom stereocenters. The van der Waals surface area contributed by atoms with E-state index in [9.17, 15) is 4.39 Å². The van der Waals surface area contributed by atoms with Crippen molar-refractivity contribution in [2.75, 3.05) is 18.5 Å². The first-order valence-corrected chi connectivity index (χ1v) is 5.06. The number of hydrogen-bond donors (Lipinski definition) is 2. The van der Waals surface area contributed by atoms with Crippen LogP contribution in [0.5, 0.6) is 0 Å². The summed E-state index contributed by atoms with van der Waals surface area (Å²) in [7, 11) is 1.88. The van der Waals surface area contributed by atoms with Gasteiger partial charge in [0.15, 0.2) is 0 Å². The van der Waals surface area contributed by atoms with E-state index in [1.807, 2.05) is 18.0 Å². The summed E-state index contributed by atoms with van der Waals surface area (Å²) in [5.74, 6) is -0.0339. The number of rotatable bonds is 5. The molecule has 0 saturated carbocycles. The van der Waals surface area contributed by atoms with Gasteiger partial charge in [0.25, 0.3) is 0 Å². The van der Waals surface area contributed by atoms with Gasteiger partial charge in [-0.15, -0.1) is 0 Å². The van der Waals surface area contributed by atoms with E-state index in [0.717, 1.165) is 18.7 Å². The third kappa shape index (κ3) is 3.76. The molecule has 0 fully saturated rings. The van der Waals surface area contributed by atoms with Crippen LogP contribution in [0, 0.1) is 5.82 Å². The van der Waals surface area contributed by atoms with Crippen molar-refractivity contribution in [2.24, 2.45) is 10.9 Å². The Morgan fingerprint density at radius 3 is 2.94 bits per heavy atom. The SMILES string of the molecule is CN(CCCC(N)=NO)c1cccc(F)c1. The zero-order chi connectivity index (χ0) is 12.0. The van der Waals surface area contributed by atoms with E-state index in [2.05, 4.69) is 5.16 Å². The molecule has 5 heteroatoms. The smallest absolute Gasteiger partial charge is 0.139 e. The van der Waals surface area contributed by atoms with E-state index in [1.165, 1.54) is 12.1 Å². The van der Waals surface area contributed by atoms with Gasteiger partial charge >= 0.3 is 0 Å². The third-order valence-corrected chi connectivity index (χ3v) is 2.30. The van der Waals surface area contributed by atoms with Crippen molar-refractivity contribution in [1.29, 1.82) is 0 Å². The fourth-order valence-corrected chi connectivity index (χ4v) is 1.39. The van der Waals surface area contributed by atoms with Crippen LogP contribution in [0.15, 0.2) is 29.4 Å². The lowest BCUT2D eigenvalue weighted by molar-refractivity contribution is 0.316. The molecule has 0 aliphatic heterocycles. The van der Waals surface area contributed by atoms with E-state index < -0.39 is 0 Å². The normalized spacial score (nSPS) is 11.5. The Morgan fingerprint density at radius 1 is 1.56 bits per heavy atom. The monoisotopic (exact) mass is 225 g/mol. The summed E-state index contributed by atoms with van der Waals surface area (Å²) >= 11 is 0. The van der Waals surface area contributed by atoms with Crippen LogP contribution in [-0.2, 0) is 0 Å². The van der Waals surface area contributed by atoms with Gasteiger partial charge in [0, 0.05) is 25.7 Å². The number of nitrogens with zero attached hydrogens (tertiary/aromatic N) is 2. The Morgan fingerprint density at radius 2 is 2.31 bits per heavy atom. The van der Waals surface area contributed by atoms with Crippen LogP contribution in [0.1, 0.15) is 12.8 Å². The van der Waals surface area contributed by atoms with Gasteiger partial charge in [-0.1, -0.05) is 11.2 Å². The minimum absolute atomic E-state index is 0.215. The maximum Gasteiger partial charge on any atom is 0.139 e. The van der Waals surface area contributed by atoms with E-state index >= 15 is 0 Å². The van der Waals surface area contributed by atoms with Crippen LogP contribution in [0.2, 0.25) is 0 Å². The van der Waals surface area contributed by atoms with Gasteiger partial charge in [0.2, 0.25) is 0 Å². The fraction of sp³-hybridized carbons (Fsp3) is 0.364. The van der Waals surface area contributed by atoms with E-state index in [1.54, 1.807) is 6.07 Å². The molecule has 88 valence electrons. The lowest BCUT2D eigenvalue weighted by Gasteiger charge is -2.18. The molecule has 1 aromatic rings. The molecular formula is C11H16FN3O. The number of amidine groups is 1. The lowest BCUT2D eigenvalue weighted by atomic mass is 10.2. The highest BCUT2D eigenvalue weighted by atomic mass is 19.1. The summed E-state index contributed by atoms with van der Waals surface area (Å²) in [5.41, 5.74) is 6.16. The van der Waals surface area contributed by atoms with E-state index in [4.69, 9.17) is 10.9 Å². The largest absolute Gasteiger partial charge is 0.409 e. The first kappa shape index (κ1) is 12.3. The maximum atomic E-state index is 12.9. The molecule has 0 amide bonds. The molecule has 16 heavy (non-hydrogen) atoms. The van der Waals surface area contributed by atoms with Crippen LogP contribution in [0.3, 0.4) is 0 Å². The predicted molar refractivity (Wildman–Crippen MR) is 62.3 cm³/mol. The summed E-state index contributed by atoms with van der Waals surface area (Å²) in [4.78, 5) is 1.92. The number of oxime groups is 1. The quantitative estimate of drug-likeness (QED) is 0.347. The minimum Gasteiger partial charge on any atom is -0.409 e. The lowest BCUT2D eigenvalue weighted by Crippen LogP contribution is -2.21. The average Bonchev–Trinajstić information content (AvgIpc) is 2.28. The highest BCUT2D eigenvalue weighted by molar-refractivity contribution is 5.79. The summed E-state index contributed by atoms with van der Waals surface area (Å²) in [6, 6.07) is 6.40. The molecule has 0 heterocycles. The second-order valence-electron chi connectivity index (χ2n) is 3.60. The summed E-state index contributed by atoms with van der Waals surface area (Å²) in [5, 5.41) is 11.2. The molecule has 0 aliphatic carbocycles. The Labute approximate surface area is 94.2 Å². The van der Waals surface area contributed by atoms with Gasteiger partial charge in [-0.3, -0.25) is 0 Å². The van der Waals surface area contributed by atoms with Gasteiger partial charge in [-0.05, 0) is 24.6 Å². The van der Waals surface area contributed by atoms with Crippen LogP contribution >= 0.6 is 0 Å². The molecule has 0 radical (unpaired) electrons. The van der Waals surface area contributed by atoms with Gasteiger partial charge < -0.3 is 15.8 Å². The van der Waals surface area contributed by atoms with Crippen molar-refractivity contribution in [3.8, 4) is 0 Å². The van der Waals surface area contributed by atoms with Gasteiger partial charge in [-0.25, -0.2) is 4.39 Å². The molecule has 1 rings (SSSR count). The first-order valence-electron chi connectivity index (χ1n) is 5.06. The molecular weight excluding hydrogens is 209 g/mol. The molecule has 1 aromatic carbocycles. The molecule has 3 N–H and O–H groups in total. The molecule has 0 aromatic heterocycles. The molecule has 0 spiro atoms. The van der Waals surface area contributed by atoms with Crippen molar-refractivity contribution < 1.29 is 9.60 Å².